The van der Waals surface area contributed by atoms with Gasteiger partial charge in [0, 0.05) is 0 Å². The summed E-state index contributed by atoms with van der Waals surface area (Å²) >= 11 is 0. The second-order valence-electron chi connectivity index (χ2n) is 4.67. The number of rotatable bonds is 3. The van der Waals surface area contributed by atoms with Gasteiger partial charge in [0.2, 0.25) is 0 Å². The summed E-state index contributed by atoms with van der Waals surface area (Å²) in [5.74, 6) is 1.63. The van der Waals surface area contributed by atoms with Gasteiger partial charge in [0.05, 0.1) is 6.10 Å². The molecule has 1 N–H and O–H groups in total. The van der Waals surface area contributed by atoms with Gasteiger partial charge in [-0.3, -0.25) is 0 Å². The van der Waals surface area contributed by atoms with E-state index in [-0.39, 0.29) is 0 Å². The van der Waals surface area contributed by atoms with Crippen LogP contribution in [0.25, 0.3) is 0 Å². The van der Waals surface area contributed by atoms with Gasteiger partial charge < -0.3 is 9.84 Å². The van der Waals surface area contributed by atoms with E-state index < -0.39 is 6.10 Å². The Morgan fingerprint density at radius 2 is 1.44 bits per heavy atom. The van der Waals surface area contributed by atoms with Gasteiger partial charge >= 0.3 is 0 Å². The highest BCUT2D eigenvalue weighted by atomic mass is 16.5. The van der Waals surface area contributed by atoms with E-state index in [9.17, 15) is 5.11 Å². The van der Waals surface area contributed by atoms with E-state index in [1.165, 1.54) is 11.1 Å². The van der Waals surface area contributed by atoms with E-state index in [0.717, 1.165) is 17.1 Å². The molecular formula is C16H18O2. The van der Waals surface area contributed by atoms with Crippen LogP contribution in [-0.4, -0.2) is 5.11 Å². The summed E-state index contributed by atoms with van der Waals surface area (Å²) in [6.45, 7) is 5.85. The van der Waals surface area contributed by atoms with Crippen molar-refractivity contribution in [1.29, 1.82) is 0 Å². The van der Waals surface area contributed by atoms with Crippen molar-refractivity contribution in [3.63, 3.8) is 0 Å². The van der Waals surface area contributed by atoms with Gasteiger partial charge in [-0.1, -0.05) is 18.2 Å². The van der Waals surface area contributed by atoms with Crippen LogP contribution in [-0.2, 0) is 0 Å². The minimum absolute atomic E-state index is 0.444. The molecule has 0 saturated heterocycles. The molecule has 2 nitrogen and oxygen atoms in total. The fourth-order valence-electron chi connectivity index (χ4n) is 1.94. The van der Waals surface area contributed by atoms with Gasteiger partial charge in [-0.05, 0) is 61.7 Å². The molecule has 0 radical (unpaired) electrons. The Labute approximate surface area is 108 Å². The first-order valence-electron chi connectivity index (χ1n) is 6.09. The summed E-state index contributed by atoms with van der Waals surface area (Å²) in [7, 11) is 0. The molecule has 94 valence electrons. The third kappa shape index (κ3) is 3.11. The zero-order valence-corrected chi connectivity index (χ0v) is 11.0. The molecule has 0 fully saturated rings. The van der Waals surface area contributed by atoms with Gasteiger partial charge in [-0.15, -0.1) is 0 Å². The topological polar surface area (TPSA) is 29.5 Å². The van der Waals surface area contributed by atoms with E-state index >= 15 is 0 Å². The molecule has 0 aliphatic heterocycles. The number of benzene rings is 2. The maximum atomic E-state index is 9.44. The third-order valence-corrected chi connectivity index (χ3v) is 2.79. The lowest BCUT2D eigenvalue weighted by atomic mass is 10.1. The van der Waals surface area contributed by atoms with Crippen LogP contribution in [0.15, 0.2) is 42.5 Å². The van der Waals surface area contributed by atoms with Gasteiger partial charge in [0.15, 0.2) is 0 Å². The molecule has 2 heteroatoms. The maximum Gasteiger partial charge on any atom is 0.127 e. The molecule has 2 aromatic rings. The molecule has 0 aliphatic rings. The van der Waals surface area contributed by atoms with Crippen molar-refractivity contribution in [2.24, 2.45) is 0 Å². The second-order valence-corrected chi connectivity index (χ2v) is 4.67. The third-order valence-electron chi connectivity index (χ3n) is 2.79. The molecule has 2 rings (SSSR count). The first-order valence-corrected chi connectivity index (χ1v) is 6.09. The molecule has 0 saturated carbocycles. The van der Waals surface area contributed by atoms with Gasteiger partial charge in [-0.25, -0.2) is 0 Å². The Hall–Kier alpha value is -1.80. The van der Waals surface area contributed by atoms with Crippen LogP contribution in [0.1, 0.15) is 29.7 Å². The van der Waals surface area contributed by atoms with Crippen LogP contribution >= 0.6 is 0 Å². The van der Waals surface area contributed by atoms with Crippen molar-refractivity contribution in [2.75, 3.05) is 0 Å². The smallest absolute Gasteiger partial charge is 0.127 e. The van der Waals surface area contributed by atoms with Crippen LogP contribution in [0.2, 0.25) is 0 Å². The van der Waals surface area contributed by atoms with Crippen LogP contribution < -0.4 is 4.74 Å². The maximum absolute atomic E-state index is 9.44. The Bertz CT molecular complexity index is 507. The Morgan fingerprint density at radius 3 is 1.94 bits per heavy atom. The van der Waals surface area contributed by atoms with Crippen LogP contribution in [0.4, 0.5) is 0 Å². The standard InChI is InChI=1S/C16H18O2/c1-11-8-12(2)10-16(9-11)18-15-6-4-14(5-7-15)13(3)17/h4-10,13,17H,1-3H3/t13-/m1/s1. The molecule has 0 amide bonds. The minimum atomic E-state index is -0.444. The molecule has 0 bridgehead atoms. The first-order chi connectivity index (χ1) is 8.54. The number of ether oxygens (including phenoxy) is 1. The van der Waals surface area contributed by atoms with Gasteiger partial charge in [0.1, 0.15) is 11.5 Å². The van der Waals surface area contributed by atoms with Crippen LogP contribution in [0.5, 0.6) is 11.5 Å². The molecule has 0 heterocycles. The normalized spacial score (nSPS) is 12.2. The summed E-state index contributed by atoms with van der Waals surface area (Å²) in [5.41, 5.74) is 3.26. The fourth-order valence-corrected chi connectivity index (χ4v) is 1.94. The lowest BCUT2D eigenvalue weighted by molar-refractivity contribution is 0.199. The average molecular weight is 242 g/mol. The fraction of sp³-hybridized carbons (Fsp3) is 0.250. The van der Waals surface area contributed by atoms with Crippen LogP contribution in [0, 0.1) is 13.8 Å². The molecule has 1 atom stereocenters. The SMILES string of the molecule is Cc1cc(C)cc(Oc2ccc([C@@H](C)O)cc2)c1. The van der Waals surface area contributed by atoms with E-state index in [2.05, 4.69) is 19.9 Å². The molecule has 0 aromatic heterocycles. The zero-order chi connectivity index (χ0) is 13.1. The highest BCUT2D eigenvalue weighted by molar-refractivity contribution is 5.37. The molecule has 2 aromatic carbocycles. The molecule has 0 unspecified atom stereocenters. The Kier molecular flexibility index (Phi) is 3.68. The lowest BCUT2D eigenvalue weighted by Gasteiger charge is -2.09. The van der Waals surface area contributed by atoms with Crippen molar-refractivity contribution in [3.05, 3.63) is 59.2 Å². The summed E-state index contributed by atoms with van der Waals surface area (Å²) in [6, 6.07) is 13.6. The number of aliphatic hydroxyl groups excluding tert-OH is 1. The first kappa shape index (κ1) is 12.7. The lowest BCUT2D eigenvalue weighted by Crippen LogP contribution is -1.91. The molecule has 18 heavy (non-hydrogen) atoms. The van der Waals surface area contributed by atoms with E-state index in [0.29, 0.717) is 0 Å². The number of hydrogen-bond acceptors (Lipinski definition) is 2. The summed E-state index contributed by atoms with van der Waals surface area (Å²) in [4.78, 5) is 0. The summed E-state index contributed by atoms with van der Waals surface area (Å²) < 4.78 is 5.79. The Balaban J connectivity index is 2.18. The molecule has 0 aliphatic carbocycles. The average Bonchev–Trinajstić information content (AvgIpc) is 2.28. The molecular weight excluding hydrogens is 224 g/mol. The van der Waals surface area contributed by atoms with Gasteiger partial charge in [-0.2, -0.15) is 0 Å². The zero-order valence-electron chi connectivity index (χ0n) is 11.0. The van der Waals surface area contributed by atoms with Crippen molar-refractivity contribution in [2.45, 2.75) is 26.9 Å². The van der Waals surface area contributed by atoms with Crippen molar-refractivity contribution >= 4 is 0 Å². The van der Waals surface area contributed by atoms with Crippen molar-refractivity contribution in [1.82, 2.24) is 0 Å². The number of aliphatic hydroxyl groups is 1. The summed E-state index contributed by atoms with van der Waals surface area (Å²) in [6.07, 6.45) is -0.444. The van der Waals surface area contributed by atoms with E-state index in [4.69, 9.17) is 4.74 Å². The highest BCUT2D eigenvalue weighted by Gasteiger charge is 2.02. The van der Waals surface area contributed by atoms with E-state index in [1.54, 1.807) is 6.92 Å². The van der Waals surface area contributed by atoms with Crippen molar-refractivity contribution < 1.29 is 9.84 Å². The number of hydrogen-bond donors (Lipinski definition) is 1. The summed E-state index contributed by atoms with van der Waals surface area (Å²) in [5, 5.41) is 9.44. The highest BCUT2D eigenvalue weighted by Crippen LogP contribution is 2.25. The molecule has 0 spiro atoms. The predicted molar refractivity (Wildman–Crippen MR) is 73.1 cm³/mol. The largest absolute Gasteiger partial charge is 0.457 e. The van der Waals surface area contributed by atoms with E-state index in [1.807, 2.05) is 36.4 Å². The predicted octanol–water partition coefficient (Wildman–Crippen LogP) is 4.15. The van der Waals surface area contributed by atoms with Gasteiger partial charge in [0.25, 0.3) is 0 Å². The monoisotopic (exact) mass is 242 g/mol. The number of aryl methyl sites for hydroxylation is 2. The van der Waals surface area contributed by atoms with Crippen LogP contribution in [0.3, 0.4) is 0 Å². The van der Waals surface area contributed by atoms with Crippen molar-refractivity contribution in [3.8, 4) is 11.5 Å². The Morgan fingerprint density at radius 1 is 0.889 bits per heavy atom. The second kappa shape index (κ2) is 5.23. The minimum Gasteiger partial charge on any atom is -0.457 e. The quantitative estimate of drug-likeness (QED) is 0.876.